The molecule has 2 aromatic carbocycles. The van der Waals surface area contributed by atoms with Gasteiger partial charge in [-0.3, -0.25) is 0 Å². The van der Waals surface area contributed by atoms with E-state index in [9.17, 15) is 9.90 Å². The molecule has 2 N–H and O–H groups in total. The van der Waals surface area contributed by atoms with E-state index in [4.69, 9.17) is 9.15 Å². The molecule has 5 nitrogen and oxygen atoms in total. The van der Waals surface area contributed by atoms with Gasteiger partial charge in [0, 0.05) is 29.8 Å². The number of rotatable bonds is 4. The van der Waals surface area contributed by atoms with Crippen LogP contribution in [0.4, 0.5) is 5.69 Å². The lowest BCUT2D eigenvalue weighted by atomic mass is 10.1. The van der Waals surface area contributed by atoms with Gasteiger partial charge in [-0.2, -0.15) is 0 Å². The Hall–Kier alpha value is -2.95. The van der Waals surface area contributed by atoms with E-state index in [1.54, 1.807) is 19.2 Å². The van der Waals surface area contributed by atoms with E-state index in [0.717, 1.165) is 22.4 Å². The molecule has 5 heteroatoms. The molecule has 3 rings (SSSR count). The third-order valence-electron chi connectivity index (χ3n) is 3.39. The summed E-state index contributed by atoms with van der Waals surface area (Å²) >= 11 is 0. The standard InChI is InChI=1S/C17H15NO4/c1-21-14-5-2-12(3-6-14)18-10-11-8-17(20)22-16-9-13(19)4-7-15(11)16/h2-9,18-19H,10H2,1H3. The number of hydrogen-bond acceptors (Lipinski definition) is 5. The first-order chi connectivity index (χ1) is 10.7. The Labute approximate surface area is 126 Å². The summed E-state index contributed by atoms with van der Waals surface area (Å²) < 4.78 is 10.2. The molecule has 0 aliphatic rings. The van der Waals surface area contributed by atoms with E-state index in [1.165, 1.54) is 12.1 Å². The van der Waals surface area contributed by atoms with E-state index < -0.39 is 5.63 Å². The largest absolute Gasteiger partial charge is 0.508 e. The van der Waals surface area contributed by atoms with Crippen molar-refractivity contribution in [1.29, 1.82) is 0 Å². The molecule has 0 aliphatic carbocycles. The number of benzene rings is 2. The first-order valence-electron chi connectivity index (χ1n) is 6.79. The van der Waals surface area contributed by atoms with Crippen molar-refractivity contribution in [3.63, 3.8) is 0 Å². The minimum Gasteiger partial charge on any atom is -0.508 e. The molecule has 1 heterocycles. The topological polar surface area (TPSA) is 71.7 Å². The zero-order valence-electron chi connectivity index (χ0n) is 12.0. The SMILES string of the molecule is COc1ccc(NCc2cc(=O)oc3cc(O)ccc23)cc1. The van der Waals surface area contributed by atoms with Gasteiger partial charge in [0.1, 0.15) is 17.1 Å². The van der Waals surface area contributed by atoms with E-state index >= 15 is 0 Å². The fourth-order valence-corrected chi connectivity index (χ4v) is 2.27. The van der Waals surface area contributed by atoms with Gasteiger partial charge in [0.25, 0.3) is 0 Å². The molecule has 3 aromatic rings. The number of aromatic hydroxyl groups is 1. The summed E-state index contributed by atoms with van der Waals surface area (Å²) in [5.74, 6) is 0.850. The number of phenolic OH excluding ortho intramolecular Hbond substituents is 1. The Morgan fingerprint density at radius 1 is 1.14 bits per heavy atom. The third kappa shape index (κ3) is 2.88. The average molecular weight is 297 g/mol. The van der Waals surface area contributed by atoms with Gasteiger partial charge < -0.3 is 19.6 Å². The second kappa shape index (κ2) is 5.81. The highest BCUT2D eigenvalue weighted by molar-refractivity contribution is 5.81. The predicted octanol–water partition coefficient (Wildman–Crippen LogP) is 3.12. The molecule has 0 saturated carbocycles. The smallest absolute Gasteiger partial charge is 0.336 e. The fraction of sp³-hybridized carbons (Fsp3) is 0.118. The van der Waals surface area contributed by atoms with Crippen LogP contribution in [0.25, 0.3) is 11.0 Å². The van der Waals surface area contributed by atoms with Gasteiger partial charge in [0.15, 0.2) is 0 Å². The van der Waals surface area contributed by atoms with Crippen LogP contribution in [0, 0.1) is 0 Å². The first kappa shape index (κ1) is 14.0. The molecule has 22 heavy (non-hydrogen) atoms. The van der Waals surface area contributed by atoms with Crippen molar-refractivity contribution < 1.29 is 14.3 Å². The maximum Gasteiger partial charge on any atom is 0.336 e. The highest BCUT2D eigenvalue weighted by atomic mass is 16.5. The Balaban J connectivity index is 1.88. The van der Waals surface area contributed by atoms with E-state index in [1.807, 2.05) is 24.3 Å². The van der Waals surface area contributed by atoms with Crippen molar-refractivity contribution in [2.75, 3.05) is 12.4 Å². The molecule has 1 aromatic heterocycles. The molecule has 0 atom stereocenters. The summed E-state index contributed by atoms with van der Waals surface area (Å²) in [6, 6.07) is 13.7. The molecule has 0 saturated heterocycles. The van der Waals surface area contributed by atoms with Crippen LogP contribution in [0.1, 0.15) is 5.56 Å². The number of methoxy groups -OCH3 is 1. The van der Waals surface area contributed by atoms with Gasteiger partial charge in [-0.1, -0.05) is 0 Å². The van der Waals surface area contributed by atoms with Crippen LogP contribution in [-0.2, 0) is 6.54 Å². The zero-order chi connectivity index (χ0) is 15.5. The lowest BCUT2D eigenvalue weighted by Crippen LogP contribution is -2.05. The number of anilines is 1. The van der Waals surface area contributed by atoms with E-state index in [-0.39, 0.29) is 5.75 Å². The molecular weight excluding hydrogens is 282 g/mol. The van der Waals surface area contributed by atoms with Crippen LogP contribution >= 0.6 is 0 Å². The summed E-state index contributed by atoms with van der Waals surface area (Å²) in [6.07, 6.45) is 0. The number of nitrogens with one attached hydrogen (secondary N) is 1. The molecule has 0 amide bonds. The Morgan fingerprint density at radius 2 is 1.91 bits per heavy atom. The van der Waals surface area contributed by atoms with Crippen molar-refractivity contribution in [3.05, 3.63) is 64.5 Å². The minimum absolute atomic E-state index is 0.0657. The monoisotopic (exact) mass is 297 g/mol. The van der Waals surface area contributed by atoms with Crippen LogP contribution in [0.5, 0.6) is 11.5 Å². The van der Waals surface area contributed by atoms with Crippen molar-refractivity contribution in [2.24, 2.45) is 0 Å². The maximum absolute atomic E-state index is 11.6. The summed E-state index contributed by atoms with van der Waals surface area (Å²) in [7, 11) is 1.62. The summed E-state index contributed by atoms with van der Waals surface area (Å²) in [5.41, 5.74) is 1.66. The molecule has 0 aliphatic heterocycles. The van der Waals surface area contributed by atoms with Gasteiger partial charge in [-0.05, 0) is 42.0 Å². The molecule has 0 radical (unpaired) electrons. The average Bonchev–Trinajstić information content (AvgIpc) is 2.52. The van der Waals surface area contributed by atoms with E-state index in [2.05, 4.69) is 5.32 Å². The van der Waals surface area contributed by atoms with Crippen LogP contribution in [0.15, 0.2) is 57.7 Å². The minimum atomic E-state index is -0.440. The quantitative estimate of drug-likeness (QED) is 0.724. The van der Waals surface area contributed by atoms with Crippen LogP contribution in [0.3, 0.4) is 0 Å². The van der Waals surface area contributed by atoms with Crippen molar-refractivity contribution in [2.45, 2.75) is 6.54 Å². The summed E-state index contributed by atoms with van der Waals surface area (Å²) in [4.78, 5) is 11.6. The Kier molecular flexibility index (Phi) is 3.70. The fourth-order valence-electron chi connectivity index (χ4n) is 2.27. The van der Waals surface area contributed by atoms with Gasteiger partial charge in [0.2, 0.25) is 0 Å². The third-order valence-corrected chi connectivity index (χ3v) is 3.39. The zero-order valence-corrected chi connectivity index (χ0v) is 12.0. The lowest BCUT2D eigenvalue weighted by Gasteiger charge is -2.09. The van der Waals surface area contributed by atoms with Gasteiger partial charge in [-0.25, -0.2) is 4.79 Å². The summed E-state index contributed by atoms with van der Waals surface area (Å²) in [6.45, 7) is 0.471. The van der Waals surface area contributed by atoms with Gasteiger partial charge >= 0.3 is 5.63 Å². The van der Waals surface area contributed by atoms with Crippen molar-refractivity contribution >= 4 is 16.7 Å². The van der Waals surface area contributed by atoms with Crippen LogP contribution in [-0.4, -0.2) is 12.2 Å². The first-order valence-corrected chi connectivity index (χ1v) is 6.79. The number of hydrogen-bond donors (Lipinski definition) is 2. The number of phenols is 1. The molecule has 0 fully saturated rings. The van der Waals surface area contributed by atoms with Crippen LogP contribution < -0.4 is 15.7 Å². The molecule has 112 valence electrons. The maximum atomic E-state index is 11.6. The van der Waals surface area contributed by atoms with Crippen LogP contribution in [0.2, 0.25) is 0 Å². The van der Waals surface area contributed by atoms with Gasteiger partial charge in [-0.15, -0.1) is 0 Å². The number of fused-ring (bicyclic) bond motifs is 1. The summed E-state index contributed by atoms with van der Waals surface area (Å²) in [5, 5.41) is 13.5. The Bertz CT molecular complexity index is 853. The Morgan fingerprint density at radius 3 is 2.64 bits per heavy atom. The van der Waals surface area contributed by atoms with Gasteiger partial charge in [0.05, 0.1) is 7.11 Å². The van der Waals surface area contributed by atoms with Crippen molar-refractivity contribution in [1.82, 2.24) is 0 Å². The van der Waals surface area contributed by atoms with E-state index in [0.29, 0.717) is 12.1 Å². The highest BCUT2D eigenvalue weighted by Gasteiger charge is 2.06. The second-order valence-electron chi connectivity index (χ2n) is 4.85. The molecule has 0 bridgehead atoms. The lowest BCUT2D eigenvalue weighted by molar-refractivity contribution is 0.415. The normalized spacial score (nSPS) is 10.6. The molecule has 0 unspecified atom stereocenters. The highest BCUT2D eigenvalue weighted by Crippen LogP contribution is 2.23. The molecular formula is C17H15NO4. The second-order valence-corrected chi connectivity index (χ2v) is 4.85. The number of ether oxygens (including phenoxy) is 1. The predicted molar refractivity (Wildman–Crippen MR) is 84.5 cm³/mol. The van der Waals surface area contributed by atoms with Crippen molar-refractivity contribution in [3.8, 4) is 11.5 Å². The molecule has 0 spiro atoms.